The van der Waals surface area contributed by atoms with E-state index < -0.39 is 17.7 Å². The molecule has 1 fully saturated rings. The van der Waals surface area contributed by atoms with Gasteiger partial charge in [-0.25, -0.2) is 0 Å². The summed E-state index contributed by atoms with van der Waals surface area (Å²) in [4.78, 5) is 28.2. The number of methoxy groups -OCH3 is 1. The number of ketones is 1. The second kappa shape index (κ2) is 8.26. The minimum absolute atomic E-state index is 0.00920. The van der Waals surface area contributed by atoms with Gasteiger partial charge in [-0.15, -0.1) is 0 Å². The first-order valence-electron chi connectivity index (χ1n) is 10.8. The molecule has 1 amide bonds. The second-order valence-electron chi connectivity index (χ2n) is 8.23. The maximum absolute atomic E-state index is 13.4. The molecule has 7 heteroatoms. The van der Waals surface area contributed by atoms with Gasteiger partial charge in [-0.1, -0.05) is 24.3 Å². The number of benzene rings is 3. The molecule has 3 aromatic carbocycles. The van der Waals surface area contributed by atoms with Crippen molar-refractivity contribution >= 4 is 23.1 Å². The van der Waals surface area contributed by atoms with Crippen LogP contribution >= 0.6 is 0 Å². The Bertz CT molecular complexity index is 1340. The molecule has 2 aliphatic rings. The number of amides is 1. The van der Waals surface area contributed by atoms with E-state index in [-0.39, 0.29) is 18.1 Å². The van der Waals surface area contributed by atoms with Gasteiger partial charge < -0.3 is 19.3 Å². The number of aryl methyl sites for hydroxylation is 1. The zero-order valence-electron chi connectivity index (χ0n) is 19.0. The van der Waals surface area contributed by atoms with Gasteiger partial charge in [0.1, 0.15) is 11.5 Å². The molecule has 0 bridgehead atoms. The van der Waals surface area contributed by atoms with Gasteiger partial charge in [0.25, 0.3) is 11.7 Å². The minimum Gasteiger partial charge on any atom is -0.507 e. The lowest BCUT2D eigenvalue weighted by Gasteiger charge is -2.27. The van der Waals surface area contributed by atoms with Gasteiger partial charge in [0.05, 0.1) is 18.7 Å². The maximum atomic E-state index is 13.4. The van der Waals surface area contributed by atoms with Crippen LogP contribution in [-0.2, 0) is 9.59 Å². The molecule has 1 unspecified atom stereocenters. The summed E-state index contributed by atoms with van der Waals surface area (Å²) in [5, 5.41) is 11.3. The van der Waals surface area contributed by atoms with Crippen molar-refractivity contribution in [2.24, 2.45) is 0 Å². The predicted molar refractivity (Wildman–Crippen MR) is 126 cm³/mol. The van der Waals surface area contributed by atoms with Gasteiger partial charge in [-0.3, -0.25) is 14.5 Å². The van der Waals surface area contributed by atoms with Crippen LogP contribution in [0.1, 0.15) is 28.3 Å². The molecule has 172 valence electrons. The molecular weight excluding hydrogens is 434 g/mol. The molecular formula is C27H23NO6. The highest BCUT2D eigenvalue weighted by atomic mass is 16.7. The standard InChI is InChI=1S/C27H23NO6/c1-15-5-4-6-20(16(15)2)28-24(17-7-10-19(32-3)11-8-17)23(26(30)27(28)31)25(29)18-9-12-21-22(13-18)34-14-33-21/h4-13,24,29H,14H2,1-3H3/b25-23-. The number of hydrogen-bond acceptors (Lipinski definition) is 6. The van der Waals surface area contributed by atoms with Crippen LogP contribution in [0.15, 0.2) is 66.2 Å². The maximum Gasteiger partial charge on any atom is 0.300 e. The zero-order chi connectivity index (χ0) is 24.0. The Balaban J connectivity index is 1.72. The summed E-state index contributed by atoms with van der Waals surface area (Å²) >= 11 is 0. The molecule has 34 heavy (non-hydrogen) atoms. The highest BCUT2D eigenvalue weighted by Gasteiger charge is 2.47. The lowest BCUT2D eigenvalue weighted by atomic mass is 9.94. The lowest BCUT2D eigenvalue weighted by molar-refractivity contribution is -0.132. The average Bonchev–Trinajstić information content (AvgIpc) is 3.42. The Labute approximate surface area is 196 Å². The minimum atomic E-state index is -0.822. The number of aliphatic hydroxyl groups excluding tert-OH is 1. The van der Waals surface area contributed by atoms with E-state index in [1.165, 1.54) is 4.90 Å². The van der Waals surface area contributed by atoms with Gasteiger partial charge in [0.15, 0.2) is 11.5 Å². The third kappa shape index (κ3) is 3.37. The Hall–Kier alpha value is -4.26. The number of rotatable bonds is 4. The second-order valence-corrected chi connectivity index (χ2v) is 8.23. The van der Waals surface area contributed by atoms with E-state index in [1.807, 2.05) is 32.0 Å². The first-order chi connectivity index (χ1) is 16.4. The van der Waals surface area contributed by atoms with E-state index in [1.54, 1.807) is 49.6 Å². The molecule has 0 aliphatic carbocycles. The Morgan fingerprint density at radius 2 is 1.74 bits per heavy atom. The van der Waals surface area contributed by atoms with Crippen LogP contribution in [0.25, 0.3) is 5.76 Å². The van der Waals surface area contributed by atoms with Crippen molar-refractivity contribution < 1.29 is 28.9 Å². The quantitative estimate of drug-likeness (QED) is 0.348. The highest BCUT2D eigenvalue weighted by Crippen LogP contribution is 2.44. The molecule has 1 atom stereocenters. The fourth-order valence-electron chi connectivity index (χ4n) is 4.38. The van der Waals surface area contributed by atoms with Crippen LogP contribution in [0.2, 0.25) is 0 Å². The van der Waals surface area contributed by atoms with E-state index in [0.29, 0.717) is 34.1 Å². The summed E-state index contributed by atoms with van der Waals surface area (Å²) < 4.78 is 16.0. The summed E-state index contributed by atoms with van der Waals surface area (Å²) in [5.41, 5.74) is 3.53. The third-order valence-electron chi connectivity index (χ3n) is 6.36. The van der Waals surface area contributed by atoms with Gasteiger partial charge in [0, 0.05) is 11.3 Å². The topological polar surface area (TPSA) is 85.3 Å². The number of fused-ring (bicyclic) bond motifs is 1. The van der Waals surface area contributed by atoms with E-state index in [0.717, 1.165) is 11.1 Å². The summed E-state index contributed by atoms with van der Waals surface area (Å²) in [6.07, 6.45) is 0. The fraction of sp³-hybridized carbons (Fsp3) is 0.185. The average molecular weight is 457 g/mol. The molecule has 3 aromatic rings. The number of aliphatic hydroxyl groups is 1. The van der Waals surface area contributed by atoms with Gasteiger partial charge in [0.2, 0.25) is 6.79 Å². The Morgan fingerprint density at radius 1 is 1.00 bits per heavy atom. The van der Waals surface area contributed by atoms with Crippen LogP contribution < -0.4 is 19.1 Å². The first kappa shape index (κ1) is 21.6. The van der Waals surface area contributed by atoms with Crippen LogP contribution in [0.4, 0.5) is 5.69 Å². The lowest BCUT2D eigenvalue weighted by Crippen LogP contribution is -2.30. The summed E-state index contributed by atoms with van der Waals surface area (Å²) in [7, 11) is 1.57. The van der Waals surface area contributed by atoms with Crippen molar-refractivity contribution in [3.05, 3.63) is 88.5 Å². The molecule has 0 saturated carbocycles. The van der Waals surface area contributed by atoms with E-state index in [9.17, 15) is 14.7 Å². The number of carbonyl (C=O) groups is 2. The van der Waals surface area contributed by atoms with Crippen molar-refractivity contribution in [2.45, 2.75) is 19.9 Å². The summed E-state index contributed by atoms with van der Waals surface area (Å²) in [6.45, 7) is 3.94. The van der Waals surface area contributed by atoms with Crippen molar-refractivity contribution in [1.29, 1.82) is 0 Å². The molecule has 1 saturated heterocycles. The van der Waals surface area contributed by atoms with Crippen LogP contribution in [0, 0.1) is 13.8 Å². The summed E-state index contributed by atoms with van der Waals surface area (Å²) in [5.74, 6) is -0.0601. The number of carbonyl (C=O) groups excluding carboxylic acids is 2. The van der Waals surface area contributed by atoms with Crippen molar-refractivity contribution in [1.82, 2.24) is 0 Å². The number of anilines is 1. The molecule has 7 nitrogen and oxygen atoms in total. The predicted octanol–water partition coefficient (Wildman–Crippen LogP) is 4.67. The van der Waals surface area contributed by atoms with E-state index >= 15 is 0 Å². The first-order valence-corrected chi connectivity index (χ1v) is 10.8. The molecule has 1 N–H and O–H groups in total. The number of Topliss-reactive ketones (excluding diaryl/α,β-unsaturated/α-hetero) is 1. The third-order valence-corrected chi connectivity index (χ3v) is 6.36. The van der Waals surface area contributed by atoms with Gasteiger partial charge in [-0.05, 0) is 66.9 Å². The number of ether oxygens (including phenoxy) is 3. The smallest absolute Gasteiger partial charge is 0.300 e. The highest BCUT2D eigenvalue weighted by molar-refractivity contribution is 6.51. The molecule has 0 spiro atoms. The molecule has 0 aromatic heterocycles. The van der Waals surface area contributed by atoms with Crippen molar-refractivity contribution in [3.8, 4) is 17.2 Å². The largest absolute Gasteiger partial charge is 0.507 e. The fourth-order valence-corrected chi connectivity index (χ4v) is 4.38. The normalized spacial score (nSPS) is 18.4. The van der Waals surface area contributed by atoms with Crippen LogP contribution in [0.3, 0.4) is 0 Å². The number of hydrogen-bond donors (Lipinski definition) is 1. The molecule has 2 heterocycles. The van der Waals surface area contributed by atoms with E-state index in [4.69, 9.17) is 14.2 Å². The van der Waals surface area contributed by atoms with Crippen molar-refractivity contribution in [2.75, 3.05) is 18.8 Å². The molecule has 0 radical (unpaired) electrons. The summed E-state index contributed by atoms with van der Waals surface area (Å²) in [6, 6.07) is 16.8. The monoisotopic (exact) mass is 457 g/mol. The van der Waals surface area contributed by atoms with Crippen LogP contribution in [-0.4, -0.2) is 30.7 Å². The molecule has 5 rings (SSSR count). The SMILES string of the molecule is COc1ccc(C2/C(=C(/O)c3ccc4c(c3)OCO4)C(=O)C(=O)N2c2cccc(C)c2C)cc1. The van der Waals surface area contributed by atoms with Gasteiger partial charge >= 0.3 is 0 Å². The Morgan fingerprint density at radius 3 is 2.47 bits per heavy atom. The van der Waals surface area contributed by atoms with E-state index in [2.05, 4.69) is 0 Å². The molecule has 2 aliphatic heterocycles. The van der Waals surface area contributed by atoms with Crippen LogP contribution in [0.5, 0.6) is 17.2 Å². The van der Waals surface area contributed by atoms with Crippen molar-refractivity contribution in [3.63, 3.8) is 0 Å². The number of nitrogens with zero attached hydrogens (tertiary/aromatic N) is 1. The van der Waals surface area contributed by atoms with Gasteiger partial charge in [-0.2, -0.15) is 0 Å². The zero-order valence-corrected chi connectivity index (χ0v) is 19.0. The Kier molecular flexibility index (Phi) is 5.24.